The minimum Gasteiger partial charge on any atom is -0.345 e. The van der Waals surface area contributed by atoms with Gasteiger partial charge in [0.1, 0.15) is 6.04 Å². The van der Waals surface area contributed by atoms with E-state index in [1.807, 2.05) is 26.2 Å². The van der Waals surface area contributed by atoms with Crippen LogP contribution in [-0.2, 0) is 24.4 Å². The van der Waals surface area contributed by atoms with E-state index in [1.165, 1.54) is 12.1 Å². The largest absolute Gasteiger partial charge is 0.345 e. The quantitative estimate of drug-likeness (QED) is 0.374. The summed E-state index contributed by atoms with van der Waals surface area (Å²) in [5.41, 5.74) is 5.04. The highest BCUT2D eigenvalue weighted by Gasteiger charge is 2.29. The monoisotopic (exact) mass is 410 g/mol. The first-order chi connectivity index (χ1) is 13.1. The van der Waals surface area contributed by atoms with Crippen LogP contribution in [0, 0.1) is 12.8 Å². The van der Waals surface area contributed by atoms with Crippen molar-refractivity contribution < 1.29 is 22.8 Å². The fraction of sp³-hybridized carbons (Fsp3) is 0.500. The molecule has 0 radical (unpaired) electrons. The molecule has 1 atom stereocenters. The molecular formula is C18H26N4O5S. The summed E-state index contributed by atoms with van der Waals surface area (Å²) in [7, 11) is -3.93. The van der Waals surface area contributed by atoms with Gasteiger partial charge in [-0.25, -0.2) is 8.42 Å². The van der Waals surface area contributed by atoms with Crippen molar-refractivity contribution in [2.75, 3.05) is 0 Å². The van der Waals surface area contributed by atoms with Crippen LogP contribution in [0.3, 0.4) is 0 Å². The molecule has 0 spiro atoms. The Balaban J connectivity index is 2.00. The maximum absolute atomic E-state index is 12.6. The summed E-state index contributed by atoms with van der Waals surface area (Å²) in [6, 6.07) is 5.11. The normalized spacial score (nSPS) is 15.0. The van der Waals surface area contributed by atoms with E-state index in [4.69, 9.17) is 0 Å². The second-order valence-corrected chi connectivity index (χ2v) is 9.02. The molecule has 0 heterocycles. The molecule has 28 heavy (non-hydrogen) atoms. The number of aryl methyl sites for hydroxylation is 1. The van der Waals surface area contributed by atoms with Gasteiger partial charge in [-0.2, -0.15) is 4.72 Å². The summed E-state index contributed by atoms with van der Waals surface area (Å²) < 4.78 is 27.5. The van der Waals surface area contributed by atoms with E-state index in [9.17, 15) is 22.8 Å². The Labute approximate surface area is 164 Å². The predicted octanol–water partition coefficient (Wildman–Crippen LogP) is 0.114. The highest BCUT2D eigenvalue weighted by atomic mass is 32.2. The molecule has 154 valence electrons. The zero-order valence-electron chi connectivity index (χ0n) is 16.1. The second kappa shape index (κ2) is 9.16. The Morgan fingerprint density at radius 3 is 2.18 bits per heavy atom. The molecule has 3 amide bonds. The summed E-state index contributed by atoms with van der Waals surface area (Å²) >= 11 is 0. The van der Waals surface area contributed by atoms with Crippen molar-refractivity contribution in [3.8, 4) is 0 Å². The number of hydrazine groups is 1. The third-order valence-electron chi connectivity index (χ3n) is 4.07. The van der Waals surface area contributed by atoms with E-state index in [-0.39, 0.29) is 23.3 Å². The summed E-state index contributed by atoms with van der Waals surface area (Å²) in [5.74, 6) is -2.60. The first kappa shape index (κ1) is 21.8. The lowest BCUT2D eigenvalue weighted by Gasteiger charge is -2.20. The number of carbonyl (C=O) groups excluding carboxylic acids is 3. The Morgan fingerprint density at radius 1 is 1.04 bits per heavy atom. The maximum Gasteiger partial charge on any atom is 0.327 e. The van der Waals surface area contributed by atoms with Gasteiger partial charge in [-0.15, -0.1) is 0 Å². The predicted molar refractivity (Wildman–Crippen MR) is 102 cm³/mol. The van der Waals surface area contributed by atoms with Gasteiger partial charge < -0.3 is 5.32 Å². The lowest BCUT2D eigenvalue weighted by atomic mass is 10.0. The SMILES string of the molecule is Cc1ccc(S(=O)(=O)N[C@@H](CC(C)C)C(=O)NNC(=O)C(=O)NC2CC2)cc1. The number of benzene rings is 1. The van der Waals surface area contributed by atoms with E-state index in [1.54, 1.807) is 12.1 Å². The van der Waals surface area contributed by atoms with Gasteiger partial charge in [0.05, 0.1) is 4.90 Å². The molecule has 4 N–H and O–H groups in total. The fourth-order valence-corrected chi connectivity index (χ4v) is 3.60. The van der Waals surface area contributed by atoms with Gasteiger partial charge in [-0.3, -0.25) is 25.2 Å². The molecule has 9 nitrogen and oxygen atoms in total. The number of hydrogen-bond donors (Lipinski definition) is 4. The lowest BCUT2D eigenvalue weighted by molar-refractivity contribution is -0.141. The smallest absolute Gasteiger partial charge is 0.327 e. The van der Waals surface area contributed by atoms with Gasteiger partial charge in [0, 0.05) is 6.04 Å². The maximum atomic E-state index is 12.6. The molecule has 0 bridgehead atoms. The summed E-state index contributed by atoms with van der Waals surface area (Å²) in [6.07, 6.45) is 1.85. The van der Waals surface area contributed by atoms with Crippen LogP contribution in [0.25, 0.3) is 0 Å². The highest BCUT2D eigenvalue weighted by Crippen LogP contribution is 2.18. The second-order valence-electron chi connectivity index (χ2n) is 7.31. The molecule has 1 aromatic rings. The lowest BCUT2D eigenvalue weighted by Crippen LogP contribution is -2.55. The van der Waals surface area contributed by atoms with Crippen LogP contribution >= 0.6 is 0 Å². The van der Waals surface area contributed by atoms with Crippen LogP contribution < -0.4 is 20.9 Å². The van der Waals surface area contributed by atoms with E-state index in [0.717, 1.165) is 18.4 Å². The van der Waals surface area contributed by atoms with Crippen LogP contribution in [0.15, 0.2) is 29.2 Å². The fourth-order valence-electron chi connectivity index (χ4n) is 2.39. The van der Waals surface area contributed by atoms with Crippen LogP contribution in [0.2, 0.25) is 0 Å². The van der Waals surface area contributed by atoms with Gasteiger partial charge in [0.25, 0.3) is 5.91 Å². The van der Waals surface area contributed by atoms with Crippen LogP contribution in [-0.4, -0.2) is 38.2 Å². The van der Waals surface area contributed by atoms with Crippen LogP contribution in [0.1, 0.15) is 38.7 Å². The van der Waals surface area contributed by atoms with Gasteiger partial charge in [-0.05, 0) is 44.2 Å². The van der Waals surface area contributed by atoms with E-state index in [0.29, 0.717) is 0 Å². The molecule has 0 aromatic heterocycles. The first-order valence-corrected chi connectivity index (χ1v) is 10.6. The zero-order valence-corrected chi connectivity index (χ0v) is 16.9. The third kappa shape index (κ3) is 6.61. The zero-order chi connectivity index (χ0) is 20.9. The van der Waals surface area contributed by atoms with E-state index in [2.05, 4.69) is 15.5 Å². The molecule has 1 aliphatic carbocycles. The molecule has 10 heteroatoms. The van der Waals surface area contributed by atoms with Crippen molar-refractivity contribution in [3.05, 3.63) is 29.8 Å². The summed E-state index contributed by atoms with van der Waals surface area (Å²) in [5, 5.41) is 2.49. The van der Waals surface area contributed by atoms with Gasteiger partial charge in [-0.1, -0.05) is 31.5 Å². The van der Waals surface area contributed by atoms with Crippen molar-refractivity contribution in [3.63, 3.8) is 0 Å². The van der Waals surface area contributed by atoms with Crippen molar-refractivity contribution in [1.82, 2.24) is 20.9 Å². The van der Waals surface area contributed by atoms with Crippen LogP contribution in [0.5, 0.6) is 0 Å². The molecule has 0 saturated heterocycles. The highest BCUT2D eigenvalue weighted by molar-refractivity contribution is 7.89. The Hall–Kier alpha value is -2.46. The summed E-state index contributed by atoms with van der Waals surface area (Å²) in [6.45, 7) is 5.51. The summed E-state index contributed by atoms with van der Waals surface area (Å²) in [4.78, 5) is 35.8. The third-order valence-corrected chi connectivity index (χ3v) is 5.56. The van der Waals surface area contributed by atoms with Crippen molar-refractivity contribution in [2.24, 2.45) is 5.92 Å². The molecule has 2 rings (SSSR count). The number of rotatable bonds is 7. The van der Waals surface area contributed by atoms with Gasteiger partial charge in [0.15, 0.2) is 0 Å². The average Bonchev–Trinajstić information content (AvgIpc) is 3.42. The van der Waals surface area contributed by atoms with Gasteiger partial charge >= 0.3 is 11.8 Å². The molecule has 1 aliphatic rings. The Kier molecular flexibility index (Phi) is 7.14. The molecule has 1 saturated carbocycles. The Morgan fingerprint density at radius 2 is 1.64 bits per heavy atom. The first-order valence-electron chi connectivity index (χ1n) is 9.08. The number of nitrogens with one attached hydrogen (secondary N) is 4. The van der Waals surface area contributed by atoms with Crippen LogP contribution in [0.4, 0.5) is 0 Å². The molecule has 1 aromatic carbocycles. The van der Waals surface area contributed by atoms with E-state index >= 15 is 0 Å². The standard InChI is InChI=1S/C18H26N4O5S/c1-11(2)10-15(22-28(26,27)14-8-4-12(3)5-9-14)16(23)20-21-18(25)17(24)19-13-6-7-13/h4-5,8-9,11,13,15,22H,6-7,10H2,1-3H3,(H,19,24)(H,20,23)(H,21,25)/t15-/m0/s1. The number of carbonyl (C=O) groups is 3. The Bertz CT molecular complexity index is 832. The molecule has 1 fully saturated rings. The van der Waals surface area contributed by atoms with Crippen molar-refractivity contribution in [1.29, 1.82) is 0 Å². The minimum atomic E-state index is -3.93. The number of sulfonamides is 1. The molecule has 0 aliphatic heterocycles. The average molecular weight is 410 g/mol. The van der Waals surface area contributed by atoms with Crippen molar-refractivity contribution >= 4 is 27.7 Å². The van der Waals surface area contributed by atoms with Gasteiger partial charge in [0.2, 0.25) is 10.0 Å². The minimum absolute atomic E-state index is 0.00367. The molecule has 0 unspecified atom stereocenters. The van der Waals surface area contributed by atoms with E-state index < -0.39 is 33.8 Å². The number of hydrogen-bond acceptors (Lipinski definition) is 5. The van der Waals surface area contributed by atoms with Crippen molar-refractivity contribution in [2.45, 2.75) is 57.0 Å². The molecular weight excluding hydrogens is 384 g/mol. The number of amides is 3. The topological polar surface area (TPSA) is 133 Å².